The second kappa shape index (κ2) is 9.57. The van der Waals surface area contributed by atoms with Crippen LogP contribution in [0.4, 0.5) is 17.6 Å². The summed E-state index contributed by atoms with van der Waals surface area (Å²) in [5, 5.41) is 12.5. The molecule has 2 aromatic heterocycles. The topological polar surface area (TPSA) is 63.9 Å². The molecule has 40 heavy (non-hydrogen) atoms. The van der Waals surface area contributed by atoms with Crippen molar-refractivity contribution in [2.45, 2.75) is 38.0 Å². The highest BCUT2D eigenvalue weighted by Gasteiger charge is 2.42. The summed E-state index contributed by atoms with van der Waals surface area (Å²) >= 11 is 6.44. The number of hydrogen-bond acceptors (Lipinski definition) is 3. The van der Waals surface area contributed by atoms with Gasteiger partial charge >= 0.3 is 11.9 Å². The molecular weight excluding hydrogens is 568 g/mol. The van der Waals surface area contributed by atoms with Gasteiger partial charge in [0.05, 0.1) is 5.56 Å². The lowest BCUT2D eigenvalue weighted by Crippen LogP contribution is -2.45. The third-order valence-electron chi connectivity index (χ3n) is 7.68. The quantitative estimate of drug-likeness (QED) is 0.315. The fourth-order valence-corrected chi connectivity index (χ4v) is 7.17. The predicted octanol–water partition coefficient (Wildman–Crippen LogP) is 5.05. The first kappa shape index (κ1) is 26.7. The van der Waals surface area contributed by atoms with Gasteiger partial charge in [0.2, 0.25) is 0 Å². The first-order chi connectivity index (χ1) is 19.0. The molecular formula is C29H20ClF4N2O3S. The van der Waals surface area contributed by atoms with Gasteiger partial charge in [-0.25, -0.2) is 18.9 Å². The third-order valence-corrected chi connectivity index (χ3v) is 9.12. The Morgan fingerprint density at radius 3 is 2.50 bits per heavy atom. The van der Waals surface area contributed by atoms with Crippen molar-refractivity contribution < 1.29 is 22.7 Å². The van der Waals surface area contributed by atoms with E-state index in [1.54, 1.807) is 6.07 Å². The van der Waals surface area contributed by atoms with Gasteiger partial charge in [0.15, 0.2) is 5.82 Å². The molecule has 1 atom stereocenters. The average Bonchev–Trinajstić information content (AvgIpc) is 3.21. The molecule has 11 heteroatoms. The van der Waals surface area contributed by atoms with Crippen LogP contribution in [0.2, 0.25) is 4.34 Å². The van der Waals surface area contributed by atoms with Crippen LogP contribution in [0.5, 0.6) is 0 Å². The summed E-state index contributed by atoms with van der Waals surface area (Å²) in [6.07, 6.45) is 0.169. The summed E-state index contributed by atoms with van der Waals surface area (Å²) < 4.78 is 59.1. The maximum Gasteiger partial charge on any atom is 0.432 e. The van der Waals surface area contributed by atoms with Gasteiger partial charge in [-0.1, -0.05) is 60.2 Å². The van der Waals surface area contributed by atoms with Crippen molar-refractivity contribution in [3.63, 3.8) is 0 Å². The molecule has 205 valence electrons. The molecule has 2 heterocycles. The van der Waals surface area contributed by atoms with E-state index in [9.17, 15) is 27.9 Å². The molecule has 0 bridgehead atoms. The van der Waals surface area contributed by atoms with Crippen molar-refractivity contribution in [1.29, 1.82) is 0 Å². The Morgan fingerprint density at radius 1 is 1.05 bits per heavy atom. The third kappa shape index (κ3) is 3.92. The maximum absolute atomic E-state index is 15.1. The van der Waals surface area contributed by atoms with Crippen LogP contribution in [0, 0.1) is 5.82 Å². The lowest BCUT2D eigenvalue weighted by Gasteiger charge is -2.27. The number of alkyl halides is 3. The van der Waals surface area contributed by atoms with Crippen molar-refractivity contribution in [3.05, 3.63) is 106 Å². The largest absolute Gasteiger partial charge is 0.432 e. The van der Waals surface area contributed by atoms with Crippen LogP contribution in [0.15, 0.2) is 46.0 Å². The smallest absolute Gasteiger partial charge is 0.292 e. The first-order valence-electron chi connectivity index (χ1n) is 12.4. The van der Waals surface area contributed by atoms with Gasteiger partial charge in [0.25, 0.3) is 5.56 Å². The Hall–Kier alpha value is -3.47. The summed E-state index contributed by atoms with van der Waals surface area (Å²) in [5.74, 6) is -2.20. The van der Waals surface area contributed by atoms with Crippen LogP contribution >= 0.6 is 22.9 Å². The molecule has 0 saturated carbocycles. The zero-order valence-electron chi connectivity index (χ0n) is 20.9. The van der Waals surface area contributed by atoms with Crippen LogP contribution in [0.1, 0.15) is 46.7 Å². The van der Waals surface area contributed by atoms with E-state index in [-0.39, 0.29) is 10.8 Å². The lowest BCUT2D eigenvalue weighted by atomic mass is 9.79. The maximum atomic E-state index is 15.1. The van der Waals surface area contributed by atoms with Crippen molar-refractivity contribution in [2.75, 3.05) is 0 Å². The fourth-order valence-electron chi connectivity index (χ4n) is 5.90. The molecule has 6 rings (SSSR count). The summed E-state index contributed by atoms with van der Waals surface area (Å²) in [6, 6.07) is 11.5. The van der Waals surface area contributed by atoms with Gasteiger partial charge < -0.3 is 0 Å². The predicted molar refractivity (Wildman–Crippen MR) is 144 cm³/mol. The summed E-state index contributed by atoms with van der Waals surface area (Å²) in [4.78, 5) is 27.0. The lowest BCUT2D eigenvalue weighted by molar-refractivity contribution is -0.144. The average molecular weight is 588 g/mol. The van der Waals surface area contributed by atoms with E-state index >= 15 is 4.39 Å². The van der Waals surface area contributed by atoms with Gasteiger partial charge in [0.1, 0.15) is 21.6 Å². The van der Waals surface area contributed by atoms with E-state index in [2.05, 4.69) is 0 Å². The van der Waals surface area contributed by atoms with E-state index in [0.29, 0.717) is 38.9 Å². The summed E-state index contributed by atoms with van der Waals surface area (Å²) in [7, 11) is 0.902. The Morgan fingerprint density at radius 2 is 1.80 bits per heavy atom. The number of nitrogens with zero attached hydrogens (tertiary/aromatic N) is 2. The van der Waals surface area contributed by atoms with Crippen LogP contribution in [0.25, 0.3) is 28.3 Å². The van der Waals surface area contributed by atoms with Gasteiger partial charge in [-0.3, -0.25) is 9.36 Å². The number of fused-ring (bicyclic) bond motifs is 5. The molecule has 0 spiro atoms. The van der Waals surface area contributed by atoms with Gasteiger partial charge in [0, 0.05) is 18.5 Å². The molecule has 2 aromatic carbocycles. The van der Waals surface area contributed by atoms with E-state index in [0.717, 1.165) is 34.2 Å². The molecule has 0 aliphatic heterocycles. The normalized spacial score (nSPS) is 16.0. The molecule has 0 amide bonds. The minimum absolute atomic E-state index is 0.179. The van der Waals surface area contributed by atoms with E-state index < -0.39 is 57.6 Å². The molecule has 0 fully saturated rings. The second-order valence-corrected chi connectivity index (χ2v) is 11.4. The number of thiophene rings is 1. The van der Waals surface area contributed by atoms with Crippen LogP contribution in [-0.4, -0.2) is 9.13 Å². The van der Waals surface area contributed by atoms with Crippen molar-refractivity contribution >= 4 is 35.1 Å². The highest BCUT2D eigenvalue weighted by Crippen LogP contribution is 2.39. The highest BCUT2D eigenvalue weighted by atomic mass is 35.5. The summed E-state index contributed by atoms with van der Waals surface area (Å²) in [5.41, 5.74) is -1.48. The highest BCUT2D eigenvalue weighted by molar-refractivity contribution is 7.18. The minimum Gasteiger partial charge on any atom is -0.292 e. The van der Waals surface area contributed by atoms with Gasteiger partial charge in [-0.05, 0) is 52.0 Å². The van der Waals surface area contributed by atoms with Crippen LogP contribution in [0.3, 0.4) is 0 Å². The van der Waals surface area contributed by atoms with E-state index in [1.807, 2.05) is 42.5 Å². The molecule has 1 unspecified atom stereocenters. The zero-order valence-corrected chi connectivity index (χ0v) is 22.5. The van der Waals surface area contributed by atoms with Crippen molar-refractivity contribution in [3.8, 4) is 16.1 Å². The van der Waals surface area contributed by atoms with Crippen molar-refractivity contribution in [1.82, 2.24) is 9.13 Å². The number of aromatic nitrogens is 2. The molecule has 0 N–H and O–H groups in total. The zero-order chi connectivity index (χ0) is 28.5. The minimum atomic E-state index is -5.05. The molecule has 2 aliphatic rings. The molecule has 2 aliphatic carbocycles. The Labute approximate surface area is 233 Å². The number of rotatable bonds is 3. The SMILES string of the molecule is Cn1c(C(F)(F)F)c(C2CCC=c3c2ccc2c3=CCc3ccccc3-2)c(=O)n(-c2sc(Cl)c(C[O])c2F)c1=O. The van der Waals surface area contributed by atoms with Crippen molar-refractivity contribution in [2.24, 2.45) is 7.05 Å². The van der Waals surface area contributed by atoms with E-state index in [4.69, 9.17) is 11.6 Å². The molecule has 4 aromatic rings. The monoisotopic (exact) mass is 587 g/mol. The number of halogens is 5. The number of benzene rings is 2. The van der Waals surface area contributed by atoms with E-state index in [1.165, 1.54) is 0 Å². The molecule has 5 nitrogen and oxygen atoms in total. The molecule has 1 radical (unpaired) electrons. The Kier molecular flexibility index (Phi) is 6.40. The fraction of sp³-hybridized carbons (Fsp3) is 0.241. The standard InChI is InChI=1S/C29H20ClF4N2O3S/c1-35-24(29(32,33)34)22(26(38)36(28(35)39)27-23(31)21(13-37)25(30)40-27)20-8-4-7-16-18-10-9-14-5-2-3-6-15(14)17(18)11-12-19(16)20/h2-3,5-7,10-12,20H,4,8-9,13H2,1H3. The Bertz CT molecular complexity index is 1960. The second-order valence-electron chi connectivity index (χ2n) is 9.79. The number of hydrogen-bond donors (Lipinski definition) is 0. The van der Waals surface area contributed by atoms with Crippen LogP contribution < -0.4 is 21.7 Å². The van der Waals surface area contributed by atoms with Gasteiger partial charge in [-0.2, -0.15) is 13.2 Å². The first-order valence-corrected chi connectivity index (χ1v) is 13.6. The molecule has 0 saturated heterocycles. The Balaban J connectivity index is 1.66. The van der Waals surface area contributed by atoms with Crippen LogP contribution in [-0.2, 0) is 31.4 Å². The van der Waals surface area contributed by atoms with Gasteiger partial charge in [-0.15, -0.1) is 11.3 Å². The summed E-state index contributed by atoms with van der Waals surface area (Å²) in [6.45, 7) is -1.06.